The number of para-hydroxylation sites is 3. The Morgan fingerprint density at radius 1 is 1.12 bits per heavy atom. The highest BCUT2D eigenvalue weighted by Crippen LogP contribution is 2.32. The van der Waals surface area contributed by atoms with Crippen LogP contribution in [0.3, 0.4) is 0 Å². The van der Waals surface area contributed by atoms with Gasteiger partial charge < -0.3 is 15.0 Å². The van der Waals surface area contributed by atoms with Crippen LogP contribution in [0.25, 0.3) is 0 Å². The van der Waals surface area contributed by atoms with Crippen molar-refractivity contribution in [1.29, 1.82) is 0 Å². The standard InChI is InChI=1S/C19H18N2O3/c22-18-10-5-11-21(18)15-8-3-2-7-14(15)20-19(23)17-12-13-6-1-4-9-16(13)24-17/h1-4,6-9,17H,5,10-12H2,(H,20,23). The van der Waals surface area contributed by atoms with Crippen molar-refractivity contribution in [1.82, 2.24) is 0 Å². The number of carbonyl (C=O) groups is 2. The van der Waals surface area contributed by atoms with E-state index >= 15 is 0 Å². The highest BCUT2D eigenvalue weighted by Gasteiger charge is 2.30. The van der Waals surface area contributed by atoms with Crippen molar-refractivity contribution in [2.24, 2.45) is 0 Å². The van der Waals surface area contributed by atoms with Gasteiger partial charge >= 0.3 is 0 Å². The first-order chi connectivity index (χ1) is 11.7. The van der Waals surface area contributed by atoms with Crippen molar-refractivity contribution in [3.8, 4) is 5.75 Å². The lowest BCUT2D eigenvalue weighted by Gasteiger charge is -2.20. The van der Waals surface area contributed by atoms with Crippen molar-refractivity contribution >= 4 is 23.2 Å². The number of anilines is 2. The maximum Gasteiger partial charge on any atom is 0.265 e. The monoisotopic (exact) mass is 322 g/mol. The molecular formula is C19H18N2O3. The van der Waals surface area contributed by atoms with Crippen LogP contribution < -0.4 is 15.0 Å². The van der Waals surface area contributed by atoms with Crippen LogP contribution in [0, 0.1) is 0 Å². The van der Waals surface area contributed by atoms with E-state index in [1.165, 1.54) is 0 Å². The Bertz CT molecular complexity index is 778. The van der Waals surface area contributed by atoms with Gasteiger partial charge in [-0.15, -0.1) is 0 Å². The van der Waals surface area contributed by atoms with Gasteiger partial charge in [-0.2, -0.15) is 0 Å². The number of benzene rings is 2. The van der Waals surface area contributed by atoms with Gasteiger partial charge in [0.1, 0.15) is 5.75 Å². The molecule has 5 heteroatoms. The molecular weight excluding hydrogens is 304 g/mol. The largest absolute Gasteiger partial charge is 0.480 e. The lowest BCUT2D eigenvalue weighted by molar-refractivity contribution is -0.122. The number of nitrogens with zero attached hydrogens (tertiary/aromatic N) is 1. The van der Waals surface area contributed by atoms with Crippen molar-refractivity contribution in [3.05, 3.63) is 54.1 Å². The molecule has 1 fully saturated rings. The quantitative estimate of drug-likeness (QED) is 0.945. The minimum atomic E-state index is -0.537. The van der Waals surface area contributed by atoms with E-state index in [-0.39, 0.29) is 11.8 Å². The van der Waals surface area contributed by atoms with Crippen LogP contribution >= 0.6 is 0 Å². The van der Waals surface area contributed by atoms with Crippen LogP contribution in [-0.4, -0.2) is 24.5 Å². The zero-order valence-corrected chi connectivity index (χ0v) is 13.2. The summed E-state index contributed by atoms with van der Waals surface area (Å²) in [6.07, 6.45) is 1.43. The number of fused-ring (bicyclic) bond motifs is 1. The van der Waals surface area contributed by atoms with Crippen LogP contribution in [0.15, 0.2) is 48.5 Å². The van der Waals surface area contributed by atoms with Crippen LogP contribution in [0.2, 0.25) is 0 Å². The Balaban J connectivity index is 1.52. The molecule has 2 aliphatic rings. The first-order valence-electron chi connectivity index (χ1n) is 8.17. The average Bonchev–Trinajstić information content (AvgIpc) is 3.21. The van der Waals surface area contributed by atoms with Crippen LogP contribution in [0.1, 0.15) is 18.4 Å². The molecule has 5 nitrogen and oxygen atoms in total. The van der Waals surface area contributed by atoms with E-state index in [0.717, 1.165) is 23.4 Å². The van der Waals surface area contributed by atoms with Crippen molar-refractivity contribution in [2.75, 3.05) is 16.8 Å². The number of rotatable bonds is 3. The van der Waals surface area contributed by atoms with E-state index in [1.807, 2.05) is 48.5 Å². The fourth-order valence-electron chi connectivity index (χ4n) is 3.26. The molecule has 2 aromatic carbocycles. The predicted octanol–water partition coefficient (Wildman–Crippen LogP) is 2.76. The Kier molecular flexibility index (Phi) is 3.69. The lowest BCUT2D eigenvalue weighted by Crippen LogP contribution is -2.32. The average molecular weight is 322 g/mol. The molecule has 1 atom stereocenters. The number of carbonyl (C=O) groups excluding carboxylic acids is 2. The minimum Gasteiger partial charge on any atom is -0.480 e. The third-order valence-electron chi connectivity index (χ3n) is 4.47. The molecule has 0 aliphatic carbocycles. The van der Waals surface area contributed by atoms with E-state index < -0.39 is 6.10 Å². The molecule has 2 heterocycles. The van der Waals surface area contributed by atoms with Gasteiger partial charge in [-0.3, -0.25) is 9.59 Å². The second-order valence-corrected chi connectivity index (χ2v) is 6.07. The van der Waals surface area contributed by atoms with Gasteiger partial charge in [0.2, 0.25) is 5.91 Å². The molecule has 2 aliphatic heterocycles. The summed E-state index contributed by atoms with van der Waals surface area (Å²) in [7, 11) is 0. The number of hydrogen-bond donors (Lipinski definition) is 1. The summed E-state index contributed by atoms with van der Waals surface area (Å²) in [6, 6.07) is 15.1. The molecule has 0 aromatic heterocycles. The molecule has 0 saturated carbocycles. The number of nitrogens with one attached hydrogen (secondary N) is 1. The fourth-order valence-corrected chi connectivity index (χ4v) is 3.26. The van der Waals surface area contributed by atoms with Crippen molar-refractivity contribution in [2.45, 2.75) is 25.4 Å². The van der Waals surface area contributed by atoms with Crippen LogP contribution in [0.5, 0.6) is 5.75 Å². The van der Waals surface area contributed by atoms with Crippen LogP contribution in [-0.2, 0) is 16.0 Å². The highest BCUT2D eigenvalue weighted by atomic mass is 16.5. The number of hydrogen-bond acceptors (Lipinski definition) is 3. The number of amides is 2. The smallest absolute Gasteiger partial charge is 0.265 e. The molecule has 0 radical (unpaired) electrons. The molecule has 24 heavy (non-hydrogen) atoms. The van der Waals surface area contributed by atoms with Gasteiger partial charge in [-0.1, -0.05) is 30.3 Å². The maximum atomic E-state index is 12.6. The Labute approximate surface area is 140 Å². The molecule has 0 bridgehead atoms. The molecule has 4 rings (SSSR count). The SMILES string of the molecule is O=C(Nc1ccccc1N1CCCC1=O)C1Cc2ccccc2O1. The van der Waals surface area contributed by atoms with E-state index in [9.17, 15) is 9.59 Å². The predicted molar refractivity (Wildman–Crippen MR) is 91.2 cm³/mol. The normalized spacial score (nSPS) is 19.1. The second-order valence-electron chi connectivity index (χ2n) is 6.07. The summed E-state index contributed by atoms with van der Waals surface area (Å²) in [5.41, 5.74) is 2.45. The minimum absolute atomic E-state index is 0.0984. The Morgan fingerprint density at radius 3 is 2.71 bits per heavy atom. The van der Waals surface area contributed by atoms with E-state index in [2.05, 4.69) is 5.32 Å². The molecule has 2 amide bonds. The Morgan fingerprint density at radius 2 is 1.92 bits per heavy atom. The van der Waals surface area contributed by atoms with Gasteiger partial charge in [0.25, 0.3) is 5.91 Å². The molecule has 1 saturated heterocycles. The third-order valence-corrected chi connectivity index (χ3v) is 4.47. The zero-order chi connectivity index (χ0) is 16.5. The zero-order valence-electron chi connectivity index (χ0n) is 13.2. The lowest BCUT2D eigenvalue weighted by atomic mass is 10.1. The molecule has 122 valence electrons. The molecule has 1 unspecified atom stereocenters. The summed E-state index contributed by atoms with van der Waals surface area (Å²) >= 11 is 0. The summed E-state index contributed by atoms with van der Waals surface area (Å²) in [6.45, 7) is 0.692. The van der Waals surface area contributed by atoms with Crippen LogP contribution in [0.4, 0.5) is 11.4 Å². The topological polar surface area (TPSA) is 58.6 Å². The molecule has 0 spiro atoms. The van der Waals surface area contributed by atoms with Gasteiger partial charge in [-0.25, -0.2) is 0 Å². The first-order valence-corrected chi connectivity index (χ1v) is 8.17. The van der Waals surface area contributed by atoms with E-state index in [4.69, 9.17) is 4.74 Å². The Hall–Kier alpha value is -2.82. The van der Waals surface area contributed by atoms with E-state index in [1.54, 1.807) is 4.90 Å². The summed E-state index contributed by atoms with van der Waals surface area (Å²) in [4.78, 5) is 26.3. The second kappa shape index (κ2) is 6.00. The van der Waals surface area contributed by atoms with Gasteiger partial charge in [0, 0.05) is 19.4 Å². The van der Waals surface area contributed by atoms with Crippen molar-refractivity contribution < 1.29 is 14.3 Å². The summed E-state index contributed by atoms with van der Waals surface area (Å²) in [5.74, 6) is 0.673. The maximum absolute atomic E-state index is 12.6. The third kappa shape index (κ3) is 2.62. The van der Waals surface area contributed by atoms with E-state index in [0.29, 0.717) is 25.1 Å². The van der Waals surface area contributed by atoms with Gasteiger partial charge in [-0.05, 0) is 30.2 Å². The first kappa shape index (κ1) is 14.8. The summed E-state index contributed by atoms with van der Waals surface area (Å²) < 4.78 is 5.73. The van der Waals surface area contributed by atoms with Gasteiger partial charge in [0.05, 0.1) is 11.4 Å². The summed E-state index contributed by atoms with van der Waals surface area (Å²) in [5, 5.41) is 2.93. The fraction of sp³-hybridized carbons (Fsp3) is 0.263. The molecule has 1 N–H and O–H groups in total. The number of ether oxygens (including phenoxy) is 1. The highest BCUT2D eigenvalue weighted by molar-refractivity contribution is 6.03. The van der Waals surface area contributed by atoms with Crippen molar-refractivity contribution in [3.63, 3.8) is 0 Å². The molecule has 2 aromatic rings. The van der Waals surface area contributed by atoms with Gasteiger partial charge in [0.15, 0.2) is 6.10 Å².